The van der Waals surface area contributed by atoms with E-state index in [0.29, 0.717) is 4.90 Å². The molecule has 4 nitrogen and oxygen atoms in total. The largest absolute Gasteiger partial charge is 0.317 e. The van der Waals surface area contributed by atoms with Crippen LogP contribution >= 0.6 is 21.4 Å². The molecular weight excluding hydrogens is 307 g/mol. The second kappa shape index (κ2) is 7.00. The van der Waals surface area contributed by atoms with Gasteiger partial charge in [0, 0.05) is 21.4 Å². The second-order valence-corrected chi connectivity index (χ2v) is 8.46. The predicted octanol–water partition coefficient (Wildman–Crippen LogP) is 2.36. The van der Waals surface area contributed by atoms with Crippen molar-refractivity contribution in [1.29, 1.82) is 0 Å². The SMILES string of the molecule is C=CCS(=O)(=O)c1ccccc1.O=S(=O)(Cl)Cl. The number of sulfone groups is 1. The van der Waals surface area contributed by atoms with Crippen LogP contribution < -0.4 is 0 Å². The van der Waals surface area contributed by atoms with Gasteiger partial charge in [0.05, 0.1) is 10.6 Å². The van der Waals surface area contributed by atoms with Gasteiger partial charge in [-0.15, -0.1) is 6.58 Å². The summed E-state index contributed by atoms with van der Waals surface area (Å²) in [4.78, 5) is 0.352. The summed E-state index contributed by atoms with van der Waals surface area (Å²) < 4.78 is 41.0. The van der Waals surface area contributed by atoms with E-state index < -0.39 is 18.1 Å². The summed E-state index contributed by atoms with van der Waals surface area (Å²) in [5, 5.41) is 0. The summed E-state index contributed by atoms with van der Waals surface area (Å²) in [6.45, 7) is 3.39. The van der Waals surface area contributed by atoms with Gasteiger partial charge in [-0.1, -0.05) is 24.3 Å². The molecule has 0 aromatic heterocycles. The highest BCUT2D eigenvalue weighted by Crippen LogP contribution is 2.09. The van der Waals surface area contributed by atoms with Crippen LogP contribution in [0.3, 0.4) is 0 Å². The van der Waals surface area contributed by atoms with Crippen molar-refractivity contribution in [3.05, 3.63) is 43.0 Å². The van der Waals surface area contributed by atoms with Crippen LogP contribution in [0.25, 0.3) is 0 Å². The van der Waals surface area contributed by atoms with Gasteiger partial charge in [-0.05, 0) is 12.1 Å². The summed E-state index contributed by atoms with van der Waals surface area (Å²) in [5.41, 5.74) is 0. The molecule has 0 atom stereocenters. The number of rotatable bonds is 3. The van der Waals surface area contributed by atoms with Crippen LogP contribution in [0.15, 0.2) is 47.9 Å². The molecule has 0 heterocycles. The Morgan fingerprint density at radius 1 is 1.06 bits per heavy atom. The fourth-order valence-corrected chi connectivity index (χ4v) is 1.95. The summed E-state index contributed by atoms with van der Waals surface area (Å²) in [7, 11) is 1.68. The molecule has 0 aliphatic heterocycles. The molecule has 0 N–H and O–H groups in total. The molecule has 0 saturated carbocycles. The van der Waals surface area contributed by atoms with E-state index in [1.165, 1.54) is 6.08 Å². The maximum Gasteiger partial charge on any atom is 0.317 e. The molecule has 8 heteroatoms. The summed E-state index contributed by atoms with van der Waals surface area (Å²) in [6, 6.07) is 8.36. The van der Waals surface area contributed by atoms with Gasteiger partial charge in [0.2, 0.25) is 0 Å². The normalized spacial score (nSPS) is 11.2. The maximum atomic E-state index is 11.4. The first kappa shape index (κ1) is 16.4. The van der Waals surface area contributed by atoms with Gasteiger partial charge in [-0.3, -0.25) is 0 Å². The van der Waals surface area contributed by atoms with Crippen molar-refractivity contribution in [2.24, 2.45) is 0 Å². The molecule has 0 amide bonds. The van der Waals surface area contributed by atoms with E-state index in [-0.39, 0.29) is 5.75 Å². The van der Waals surface area contributed by atoms with Gasteiger partial charge in [-0.25, -0.2) is 8.42 Å². The number of hydrogen-bond donors (Lipinski definition) is 0. The highest BCUT2D eigenvalue weighted by molar-refractivity contribution is 8.31. The molecule has 0 bridgehead atoms. The van der Waals surface area contributed by atoms with Crippen molar-refractivity contribution in [2.45, 2.75) is 4.90 Å². The first-order valence-corrected chi connectivity index (χ1v) is 8.98. The van der Waals surface area contributed by atoms with E-state index in [1.54, 1.807) is 30.3 Å². The second-order valence-electron chi connectivity index (χ2n) is 2.76. The van der Waals surface area contributed by atoms with E-state index in [1.807, 2.05) is 0 Å². The lowest BCUT2D eigenvalue weighted by Crippen LogP contribution is -2.03. The first-order valence-electron chi connectivity index (χ1n) is 4.20. The third kappa shape index (κ3) is 9.17. The van der Waals surface area contributed by atoms with Crippen LogP contribution in [-0.4, -0.2) is 22.6 Å². The Labute approximate surface area is 110 Å². The zero-order valence-corrected chi connectivity index (χ0v) is 11.7. The molecule has 0 aliphatic rings. The zero-order valence-electron chi connectivity index (χ0n) is 8.58. The quantitative estimate of drug-likeness (QED) is 0.634. The fourth-order valence-electron chi connectivity index (χ4n) is 0.879. The Morgan fingerprint density at radius 2 is 1.47 bits per heavy atom. The lowest BCUT2D eigenvalue weighted by atomic mass is 10.4. The van der Waals surface area contributed by atoms with Crippen LogP contribution in [0.1, 0.15) is 0 Å². The Hall–Kier alpha value is -0.560. The molecule has 96 valence electrons. The smallest absolute Gasteiger partial charge is 0.223 e. The van der Waals surface area contributed by atoms with E-state index >= 15 is 0 Å². The van der Waals surface area contributed by atoms with E-state index in [9.17, 15) is 8.42 Å². The Balaban J connectivity index is 0.000000437. The molecule has 0 radical (unpaired) electrons. The minimum atomic E-state index is -3.72. The highest BCUT2D eigenvalue weighted by Gasteiger charge is 2.09. The van der Waals surface area contributed by atoms with Crippen molar-refractivity contribution in [3.8, 4) is 0 Å². The van der Waals surface area contributed by atoms with Crippen LogP contribution in [0.5, 0.6) is 0 Å². The standard InChI is InChI=1S/C9H10O2S.Cl2O2S/c1-2-8-12(10,11)9-6-4-3-5-7-9;1-5(2,3)4/h2-7H,1,8H2;. The van der Waals surface area contributed by atoms with E-state index in [0.717, 1.165) is 0 Å². The third-order valence-corrected chi connectivity index (χ3v) is 3.10. The average molecular weight is 317 g/mol. The lowest BCUT2D eigenvalue weighted by molar-refractivity contribution is 0.599. The molecule has 1 aromatic rings. The third-order valence-electron chi connectivity index (χ3n) is 1.44. The Morgan fingerprint density at radius 3 is 1.82 bits per heavy atom. The van der Waals surface area contributed by atoms with Gasteiger partial charge in [0.1, 0.15) is 0 Å². The minimum Gasteiger partial charge on any atom is -0.223 e. The van der Waals surface area contributed by atoms with Gasteiger partial charge < -0.3 is 0 Å². The van der Waals surface area contributed by atoms with Crippen LogP contribution in [0.2, 0.25) is 0 Å². The summed E-state index contributed by atoms with van der Waals surface area (Å²) in [6.07, 6.45) is 1.39. The average Bonchev–Trinajstić information content (AvgIpc) is 2.16. The van der Waals surface area contributed by atoms with Gasteiger partial charge in [0.25, 0.3) is 0 Å². The summed E-state index contributed by atoms with van der Waals surface area (Å²) in [5.74, 6) is -0.00296. The number of benzene rings is 1. The molecule has 1 rings (SSSR count). The van der Waals surface area contributed by atoms with Crippen molar-refractivity contribution in [1.82, 2.24) is 0 Å². The molecule has 0 saturated heterocycles. The van der Waals surface area contributed by atoms with Gasteiger partial charge in [0.15, 0.2) is 9.84 Å². The first-order chi connectivity index (χ1) is 7.67. The molecule has 17 heavy (non-hydrogen) atoms. The molecule has 0 spiro atoms. The Kier molecular flexibility index (Phi) is 6.77. The van der Waals surface area contributed by atoms with Gasteiger partial charge >= 0.3 is 8.26 Å². The Bertz CT molecular complexity index is 542. The van der Waals surface area contributed by atoms with Crippen LogP contribution in [-0.2, 0) is 18.1 Å². The lowest BCUT2D eigenvalue weighted by Gasteiger charge is -1.98. The van der Waals surface area contributed by atoms with Gasteiger partial charge in [-0.2, -0.15) is 8.42 Å². The molecule has 0 fully saturated rings. The van der Waals surface area contributed by atoms with Crippen molar-refractivity contribution >= 4 is 39.5 Å². The van der Waals surface area contributed by atoms with Crippen molar-refractivity contribution in [3.63, 3.8) is 0 Å². The molecule has 1 aromatic carbocycles. The predicted molar refractivity (Wildman–Crippen MR) is 69.3 cm³/mol. The fraction of sp³-hybridized carbons (Fsp3) is 0.111. The number of halogens is 2. The maximum absolute atomic E-state index is 11.4. The van der Waals surface area contributed by atoms with Crippen LogP contribution in [0, 0.1) is 0 Å². The van der Waals surface area contributed by atoms with E-state index in [4.69, 9.17) is 8.42 Å². The molecule has 0 unspecified atom stereocenters. The summed E-state index contributed by atoms with van der Waals surface area (Å²) >= 11 is 0. The van der Waals surface area contributed by atoms with Crippen molar-refractivity contribution < 1.29 is 16.8 Å². The molecule has 0 aliphatic carbocycles. The van der Waals surface area contributed by atoms with E-state index in [2.05, 4.69) is 27.9 Å². The highest BCUT2D eigenvalue weighted by atomic mass is 36.0. The minimum absolute atomic E-state index is 0.00296. The zero-order chi connectivity index (χ0) is 13.5. The van der Waals surface area contributed by atoms with Crippen molar-refractivity contribution in [2.75, 3.05) is 5.75 Å². The van der Waals surface area contributed by atoms with Crippen LogP contribution in [0.4, 0.5) is 0 Å². The topological polar surface area (TPSA) is 68.3 Å². The number of hydrogen-bond acceptors (Lipinski definition) is 4. The molecular formula is C9H10Cl2O4S2. The monoisotopic (exact) mass is 316 g/mol.